The Balaban J connectivity index is 2.00. The van der Waals surface area contributed by atoms with Crippen molar-refractivity contribution < 1.29 is 0 Å². The van der Waals surface area contributed by atoms with Crippen LogP contribution in [0, 0.1) is 6.92 Å². The van der Waals surface area contributed by atoms with E-state index >= 15 is 0 Å². The van der Waals surface area contributed by atoms with Gasteiger partial charge < -0.3 is 10.6 Å². The zero-order valence-corrected chi connectivity index (χ0v) is 13.3. The first-order chi connectivity index (χ1) is 8.56. The standard InChI is InChI=1S/C12H15BrClN3S/c1-7-9(13)6-10(14)11(15-7)17-12(18)16-8-4-2-3-5-8/h6,8H,2-5H2,1H3,(H2,15,16,17,18). The third-order valence-corrected chi connectivity index (χ3v) is 4.34. The van der Waals surface area contributed by atoms with Gasteiger partial charge in [-0.3, -0.25) is 0 Å². The lowest BCUT2D eigenvalue weighted by molar-refractivity contribution is 0.634. The second-order valence-corrected chi connectivity index (χ2v) is 6.14. The van der Waals surface area contributed by atoms with Crippen LogP contribution < -0.4 is 10.6 Å². The summed E-state index contributed by atoms with van der Waals surface area (Å²) in [7, 11) is 0. The molecule has 6 heteroatoms. The molecule has 0 amide bonds. The van der Waals surface area contributed by atoms with E-state index in [9.17, 15) is 0 Å². The van der Waals surface area contributed by atoms with E-state index in [-0.39, 0.29) is 0 Å². The van der Waals surface area contributed by atoms with Crippen LogP contribution >= 0.6 is 39.7 Å². The molecular weight excluding hydrogens is 334 g/mol. The van der Waals surface area contributed by atoms with Crippen molar-refractivity contribution in [2.75, 3.05) is 5.32 Å². The van der Waals surface area contributed by atoms with E-state index in [1.165, 1.54) is 25.7 Å². The van der Waals surface area contributed by atoms with Crippen LogP contribution in [0.4, 0.5) is 5.82 Å². The largest absolute Gasteiger partial charge is 0.360 e. The van der Waals surface area contributed by atoms with Gasteiger partial charge >= 0.3 is 0 Å². The number of anilines is 1. The minimum atomic E-state index is 0.486. The predicted octanol–water partition coefficient (Wildman–Crippen LogP) is 4.03. The molecule has 0 bridgehead atoms. The van der Waals surface area contributed by atoms with Gasteiger partial charge in [0.1, 0.15) is 0 Å². The molecule has 0 radical (unpaired) electrons. The van der Waals surface area contributed by atoms with E-state index in [4.69, 9.17) is 23.8 Å². The Kier molecular flexibility index (Phi) is 4.81. The molecule has 0 spiro atoms. The van der Waals surface area contributed by atoms with Gasteiger partial charge in [-0.2, -0.15) is 0 Å². The molecule has 1 fully saturated rings. The van der Waals surface area contributed by atoms with Gasteiger partial charge in [0.05, 0.1) is 10.7 Å². The van der Waals surface area contributed by atoms with Crippen molar-refractivity contribution in [3.8, 4) is 0 Å². The van der Waals surface area contributed by atoms with Crippen molar-refractivity contribution in [2.24, 2.45) is 0 Å². The first kappa shape index (κ1) is 14.0. The number of pyridine rings is 1. The molecule has 18 heavy (non-hydrogen) atoms. The number of aryl methyl sites for hydroxylation is 1. The molecule has 1 aliphatic carbocycles. The highest BCUT2D eigenvalue weighted by Gasteiger charge is 2.16. The Hall–Kier alpha value is -0.390. The molecular formula is C12H15BrClN3S. The third kappa shape index (κ3) is 3.56. The molecule has 0 unspecified atom stereocenters. The molecule has 0 saturated heterocycles. The first-order valence-electron chi connectivity index (χ1n) is 5.96. The van der Waals surface area contributed by atoms with Gasteiger partial charge in [0, 0.05) is 10.5 Å². The summed E-state index contributed by atoms with van der Waals surface area (Å²) in [5.74, 6) is 0.605. The van der Waals surface area contributed by atoms with Crippen LogP contribution in [-0.2, 0) is 0 Å². The molecule has 1 aromatic rings. The molecule has 0 atom stereocenters. The maximum absolute atomic E-state index is 6.12. The summed E-state index contributed by atoms with van der Waals surface area (Å²) in [4.78, 5) is 4.37. The smallest absolute Gasteiger partial charge is 0.172 e. The Bertz CT molecular complexity index is 461. The van der Waals surface area contributed by atoms with Crippen LogP contribution in [0.5, 0.6) is 0 Å². The summed E-state index contributed by atoms with van der Waals surface area (Å²) in [5.41, 5.74) is 0.880. The minimum Gasteiger partial charge on any atom is -0.360 e. The summed E-state index contributed by atoms with van der Waals surface area (Å²) < 4.78 is 0.896. The molecule has 1 aliphatic rings. The normalized spacial score (nSPS) is 15.7. The summed E-state index contributed by atoms with van der Waals surface area (Å²) >= 11 is 14.8. The molecule has 0 aliphatic heterocycles. The molecule has 3 nitrogen and oxygen atoms in total. The van der Waals surface area contributed by atoms with Crippen molar-refractivity contribution in [1.82, 2.24) is 10.3 Å². The average molecular weight is 349 g/mol. The third-order valence-electron chi connectivity index (χ3n) is 3.03. The first-order valence-corrected chi connectivity index (χ1v) is 7.54. The van der Waals surface area contributed by atoms with Crippen LogP contribution in [0.1, 0.15) is 31.4 Å². The summed E-state index contributed by atoms with van der Waals surface area (Å²) in [5, 5.41) is 7.51. The van der Waals surface area contributed by atoms with Crippen molar-refractivity contribution in [2.45, 2.75) is 38.6 Å². The van der Waals surface area contributed by atoms with Crippen molar-refractivity contribution in [3.05, 3.63) is 21.3 Å². The summed E-state index contributed by atoms with van der Waals surface area (Å²) in [6, 6.07) is 2.31. The topological polar surface area (TPSA) is 37.0 Å². The fourth-order valence-electron chi connectivity index (χ4n) is 2.05. The van der Waals surface area contributed by atoms with Crippen molar-refractivity contribution >= 4 is 50.7 Å². The maximum Gasteiger partial charge on any atom is 0.172 e. The molecule has 1 heterocycles. The highest BCUT2D eigenvalue weighted by molar-refractivity contribution is 9.10. The molecule has 98 valence electrons. The zero-order valence-electron chi connectivity index (χ0n) is 10.1. The van der Waals surface area contributed by atoms with Gasteiger partial charge in [0.25, 0.3) is 0 Å². The van der Waals surface area contributed by atoms with E-state index in [1.807, 2.05) is 13.0 Å². The number of rotatable bonds is 2. The van der Waals surface area contributed by atoms with Gasteiger partial charge in [-0.05, 0) is 54.0 Å². The number of aromatic nitrogens is 1. The maximum atomic E-state index is 6.12. The number of hydrogen-bond acceptors (Lipinski definition) is 2. The minimum absolute atomic E-state index is 0.486. The van der Waals surface area contributed by atoms with Gasteiger partial charge in [0.2, 0.25) is 0 Å². The Labute approximate surface area is 126 Å². The van der Waals surface area contributed by atoms with Crippen LogP contribution in [0.25, 0.3) is 0 Å². The average Bonchev–Trinajstić information content (AvgIpc) is 2.78. The second-order valence-electron chi connectivity index (χ2n) is 4.47. The molecule has 0 aromatic carbocycles. The van der Waals surface area contributed by atoms with E-state index in [2.05, 4.69) is 31.5 Å². The quantitative estimate of drug-likeness (QED) is 0.791. The molecule has 2 rings (SSSR count). The number of halogens is 2. The lowest BCUT2D eigenvalue weighted by Crippen LogP contribution is -2.36. The number of nitrogens with zero attached hydrogens (tertiary/aromatic N) is 1. The van der Waals surface area contributed by atoms with E-state index in [0.717, 1.165) is 10.2 Å². The molecule has 1 saturated carbocycles. The van der Waals surface area contributed by atoms with Crippen LogP contribution in [-0.4, -0.2) is 16.1 Å². The summed E-state index contributed by atoms with van der Waals surface area (Å²) in [6.45, 7) is 1.92. The highest BCUT2D eigenvalue weighted by Crippen LogP contribution is 2.26. The van der Waals surface area contributed by atoms with Gasteiger partial charge in [-0.25, -0.2) is 4.98 Å². The predicted molar refractivity (Wildman–Crippen MR) is 83.3 cm³/mol. The van der Waals surface area contributed by atoms with Gasteiger partial charge in [0.15, 0.2) is 10.9 Å². The van der Waals surface area contributed by atoms with Gasteiger partial charge in [-0.1, -0.05) is 24.4 Å². The van der Waals surface area contributed by atoms with Crippen molar-refractivity contribution in [3.63, 3.8) is 0 Å². The van der Waals surface area contributed by atoms with E-state index in [1.54, 1.807) is 0 Å². The van der Waals surface area contributed by atoms with Gasteiger partial charge in [-0.15, -0.1) is 0 Å². The van der Waals surface area contributed by atoms with E-state index in [0.29, 0.717) is 22.0 Å². The van der Waals surface area contributed by atoms with Crippen molar-refractivity contribution in [1.29, 1.82) is 0 Å². The lowest BCUT2D eigenvalue weighted by Gasteiger charge is -2.16. The number of nitrogens with one attached hydrogen (secondary N) is 2. The van der Waals surface area contributed by atoms with E-state index < -0.39 is 0 Å². The van der Waals surface area contributed by atoms with Crippen LogP contribution in [0.2, 0.25) is 5.02 Å². The molecule has 2 N–H and O–H groups in total. The Morgan fingerprint density at radius 3 is 2.83 bits per heavy atom. The zero-order chi connectivity index (χ0) is 13.1. The van der Waals surface area contributed by atoms with Crippen LogP contribution in [0.15, 0.2) is 10.5 Å². The molecule has 1 aromatic heterocycles. The SMILES string of the molecule is Cc1nc(NC(=S)NC2CCCC2)c(Cl)cc1Br. The second kappa shape index (κ2) is 6.17. The lowest BCUT2D eigenvalue weighted by atomic mass is 10.3. The fraction of sp³-hybridized carbons (Fsp3) is 0.500. The Morgan fingerprint density at radius 1 is 1.50 bits per heavy atom. The monoisotopic (exact) mass is 347 g/mol. The van der Waals surface area contributed by atoms with Crippen LogP contribution in [0.3, 0.4) is 0 Å². The fourth-order valence-corrected chi connectivity index (χ4v) is 2.96. The number of hydrogen-bond donors (Lipinski definition) is 2. The number of thiocarbonyl (C=S) groups is 1. The Morgan fingerprint density at radius 2 is 2.17 bits per heavy atom. The summed E-state index contributed by atoms with van der Waals surface area (Å²) in [6.07, 6.45) is 4.91. The highest BCUT2D eigenvalue weighted by atomic mass is 79.9.